The Morgan fingerprint density at radius 2 is 1.85 bits per heavy atom. The first-order chi connectivity index (χ1) is 9.48. The van der Waals surface area contributed by atoms with Crippen molar-refractivity contribution in [2.45, 2.75) is 52.9 Å². The molecular formula is C18H27NO. The smallest absolute Gasteiger partial charge is 0.124 e. The van der Waals surface area contributed by atoms with Gasteiger partial charge in [-0.15, -0.1) is 0 Å². The van der Waals surface area contributed by atoms with Gasteiger partial charge in [0.15, 0.2) is 0 Å². The number of anilines is 1. The molecule has 0 unspecified atom stereocenters. The van der Waals surface area contributed by atoms with Crippen LogP contribution in [-0.2, 0) is 6.42 Å². The second-order valence-corrected chi connectivity index (χ2v) is 7.72. The van der Waals surface area contributed by atoms with Gasteiger partial charge in [-0.05, 0) is 49.7 Å². The lowest BCUT2D eigenvalue weighted by Gasteiger charge is -2.41. The van der Waals surface area contributed by atoms with E-state index in [0.29, 0.717) is 10.8 Å². The van der Waals surface area contributed by atoms with Crippen LogP contribution in [0.5, 0.6) is 5.75 Å². The summed E-state index contributed by atoms with van der Waals surface area (Å²) in [5.74, 6) is 1.10. The number of nitrogens with one attached hydrogen (secondary N) is 1. The average Bonchev–Trinajstić information content (AvgIpc) is 2.89. The van der Waals surface area contributed by atoms with Crippen molar-refractivity contribution in [3.8, 4) is 5.75 Å². The lowest BCUT2D eigenvalue weighted by molar-refractivity contribution is 0.0656. The quantitative estimate of drug-likeness (QED) is 0.866. The van der Waals surface area contributed by atoms with Crippen molar-refractivity contribution in [3.63, 3.8) is 0 Å². The molecular weight excluding hydrogens is 246 g/mol. The second-order valence-electron chi connectivity index (χ2n) is 7.72. The Balaban J connectivity index is 1.64. The molecule has 1 saturated carbocycles. The van der Waals surface area contributed by atoms with E-state index >= 15 is 0 Å². The maximum Gasteiger partial charge on any atom is 0.124 e. The van der Waals surface area contributed by atoms with Crippen LogP contribution in [0.4, 0.5) is 5.69 Å². The van der Waals surface area contributed by atoms with Crippen LogP contribution >= 0.6 is 0 Å². The number of hydrogen-bond donors (Lipinski definition) is 1. The maximum absolute atomic E-state index is 6.22. The largest absolute Gasteiger partial charge is 0.493 e. The van der Waals surface area contributed by atoms with E-state index in [4.69, 9.17) is 4.74 Å². The Morgan fingerprint density at radius 1 is 1.10 bits per heavy atom. The van der Waals surface area contributed by atoms with Crippen molar-refractivity contribution in [2.24, 2.45) is 10.8 Å². The minimum Gasteiger partial charge on any atom is -0.493 e. The van der Waals surface area contributed by atoms with E-state index in [1.54, 1.807) is 0 Å². The van der Waals surface area contributed by atoms with Crippen LogP contribution in [0.2, 0.25) is 0 Å². The molecule has 0 amide bonds. The van der Waals surface area contributed by atoms with Crippen LogP contribution in [0.15, 0.2) is 18.2 Å². The second kappa shape index (κ2) is 4.98. The van der Waals surface area contributed by atoms with E-state index in [-0.39, 0.29) is 0 Å². The summed E-state index contributed by atoms with van der Waals surface area (Å²) in [5.41, 5.74) is 3.51. The van der Waals surface area contributed by atoms with Crippen LogP contribution in [0.25, 0.3) is 0 Å². The SMILES string of the molecule is CC1(C)CCC(C)(COc2cccc3c2CCN3)CC1. The van der Waals surface area contributed by atoms with Crippen molar-refractivity contribution >= 4 is 5.69 Å². The topological polar surface area (TPSA) is 21.3 Å². The Labute approximate surface area is 122 Å². The highest BCUT2D eigenvalue weighted by atomic mass is 16.5. The summed E-state index contributed by atoms with van der Waals surface area (Å²) in [6.45, 7) is 9.08. The van der Waals surface area contributed by atoms with E-state index in [2.05, 4.69) is 44.3 Å². The molecule has 1 N–H and O–H groups in total. The summed E-state index contributed by atoms with van der Waals surface area (Å²) in [7, 11) is 0. The van der Waals surface area contributed by atoms with Crippen LogP contribution < -0.4 is 10.1 Å². The molecule has 0 atom stereocenters. The van der Waals surface area contributed by atoms with Gasteiger partial charge < -0.3 is 10.1 Å². The van der Waals surface area contributed by atoms with Crippen LogP contribution in [-0.4, -0.2) is 13.2 Å². The third kappa shape index (κ3) is 2.79. The first-order valence-corrected chi connectivity index (χ1v) is 7.96. The fourth-order valence-electron chi connectivity index (χ4n) is 3.37. The number of benzene rings is 1. The van der Waals surface area contributed by atoms with Gasteiger partial charge >= 0.3 is 0 Å². The van der Waals surface area contributed by atoms with Gasteiger partial charge in [0.05, 0.1) is 6.61 Å². The normalized spacial score (nSPS) is 22.9. The minimum absolute atomic E-state index is 0.351. The predicted octanol–water partition coefficient (Wildman–Crippen LogP) is 4.64. The van der Waals surface area contributed by atoms with Gasteiger partial charge in [0.1, 0.15) is 5.75 Å². The van der Waals surface area contributed by atoms with E-state index in [1.807, 2.05) is 0 Å². The Kier molecular flexibility index (Phi) is 3.43. The zero-order valence-electron chi connectivity index (χ0n) is 13.1. The standard InChI is InChI=1S/C18H27NO/c1-17(2)8-10-18(3,11-9-17)13-20-16-6-4-5-15-14(16)7-12-19-15/h4-6,19H,7-13H2,1-3H3. The van der Waals surface area contributed by atoms with Gasteiger partial charge in [0.25, 0.3) is 0 Å². The van der Waals surface area contributed by atoms with E-state index in [0.717, 1.165) is 25.3 Å². The molecule has 1 fully saturated rings. The number of hydrogen-bond acceptors (Lipinski definition) is 2. The van der Waals surface area contributed by atoms with Gasteiger partial charge in [-0.3, -0.25) is 0 Å². The number of rotatable bonds is 3. The first-order valence-electron chi connectivity index (χ1n) is 7.96. The molecule has 1 aromatic rings. The van der Waals surface area contributed by atoms with Crippen molar-refractivity contribution in [1.82, 2.24) is 0 Å². The fourth-order valence-corrected chi connectivity index (χ4v) is 3.37. The molecule has 0 aromatic heterocycles. The molecule has 2 heteroatoms. The van der Waals surface area contributed by atoms with Crippen molar-refractivity contribution in [2.75, 3.05) is 18.5 Å². The zero-order chi connectivity index (χ0) is 14.2. The van der Waals surface area contributed by atoms with E-state index < -0.39 is 0 Å². The average molecular weight is 273 g/mol. The summed E-state index contributed by atoms with van der Waals surface area (Å²) < 4.78 is 6.22. The summed E-state index contributed by atoms with van der Waals surface area (Å²) in [5, 5.41) is 3.42. The molecule has 0 saturated heterocycles. The lowest BCUT2D eigenvalue weighted by atomic mass is 9.66. The van der Waals surface area contributed by atoms with Gasteiger partial charge in [-0.1, -0.05) is 26.8 Å². The highest BCUT2D eigenvalue weighted by Crippen LogP contribution is 2.45. The Bertz CT molecular complexity index is 482. The maximum atomic E-state index is 6.22. The zero-order valence-corrected chi connectivity index (χ0v) is 13.1. The van der Waals surface area contributed by atoms with Crippen LogP contribution in [0.3, 0.4) is 0 Å². The van der Waals surface area contributed by atoms with Crippen molar-refractivity contribution in [1.29, 1.82) is 0 Å². The van der Waals surface area contributed by atoms with Gasteiger partial charge in [-0.25, -0.2) is 0 Å². The molecule has 110 valence electrons. The van der Waals surface area contributed by atoms with Gasteiger partial charge in [0, 0.05) is 23.2 Å². The summed E-state index contributed by atoms with van der Waals surface area (Å²) in [4.78, 5) is 0. The fraction of sp³-hybridized carbons (Fsp3) is 0.667. The van der Waals surface area contributed by atoms with Gasteiger partial charge in [0.2, 0.25) is 0 Å². The predicted molar refractivity (Wildman–Crippen MR) is 84.5 cm³/mol. The molecule has 0 spiro atoms. The number of fused-ring (bicyclic) bond motifs is 1. The Hall–Kier alpha value is -1.18. The summed E-state index contributed by atoms with van der Waals surface area (Å²) in [6.07, 6.45) is 6.30. The molecule has 0 bridgehead atoms. The first kappa shape index (κ1) is 13.8. The minimum atomic E-state index is 0.351. The van der Waals surface area contributed by atoms with E-state index in [9.17, 15) is 0 Å². The van der Waals surface area contributed by atoms with Gasteiger partial charge in [-0.2, -0.15) is 0 Å². The lowest BCUT2D eigenvalue weighted by Crippen LogP contribution is -2.33. The molecule has 2 nitrogen and oxygen atoms in total. The van der Waals surface area contributed by atoms with Crippen LogP contribution in [0.1, 0.15) is 52.0 Å². The third-order valence-electron chi connectivity index (χ3n) is 5.21. The molecule has 1 aliphatic heterocycles. The summed E-state index contributed by atoms with van der Waals surface area (Å²) in [6, 6.07) is 6.38. The highest BCUT2D eigenvalue weighted by Gasteiger charge is 2.35. The molecule has 1 heterocycles. The Morgan fingerprint density at radius 3 is 2.60 bits per heavy atom. The molecule has 1 aromatic carbocycles. The third-order valence-corrected chi connectivity index (χ3v) is 5.21. The van der Waals surface area contributed by atoms with Crippen molar-refractivity contribution in [3.05, 3.63) is 23.8 Å². The monoisotopic (exact) mass is 273 g/mol. The van der Waals surface area contributed by atoms with Crippen molar-refractivity contribution < 1.29 is 4.74 Å². The number of ether oxygens (including phenoxy) is 1. The summed E-state index contributed by atoms with van der Waals surface area (Å²) >= 11 is 0. The molecule has 2 aliphatic rings. The molecule has 3 rings (SSSR count). The van der Waals surface area contributed by atoms with Crippen LogP contribution in [0, 0.1) is 10.8 Å². The van der Waals surface area contributed by atoms with E-state index in [1.165, 1.54) is 36.9 Å². The molecule has 20 heavy (non-hydrogen) atoms. The molecule has 1 aliphatic carbocycles. The highest BCUT2D eigenvalue weighted by molar-refractivity contribution is 5.61. The molecule has 0 radical (unpaired) electrons.